The molecule has 0 aromatic heterocycles. The number of likely N-dealkylation sites (N-methyl/N-ethyl adjacent to an activating group) is 1. The number of aliphatic carboxylic acids is 1. The second kappa shape index (κ2) is 5.19. The highest BCUT2D eigenvalue weighted by atomic mass is 16.4. The molecule has 0 radical (unpaired) electrons. The fourth-order valence-electron chi connectivity index (χ4n) is 2.30. The highest BCUT2D eigenvalue weighted by molar-refractivity contribution is 5.88. The van der Waals surface area contributed by atoms with Crippen LogP contribution in [-0.4, -0.2) is 47.4 Å². The van der Waals surface area contributed by atoms with Crippen LogP contribution in [0.2, 0.25) is 0 Å². The summed E-state index contributed by atoms with van der Waals surface area (Å²) in [5.41, 5.74) is -0.891. The summed E-state index contributed by atoms with van der Waals surface area (Å²) in [6.07, 6.45) is 3.96. The monoisotopic (exact) mass is 268 g/mol. The first-order valence-corrected chi connectivity index (χ1v) is 6.70. The third kappa shape index (κ3) is 3.24. The number of amides is 2. The van der Waals surface area contributed by atoms with Gasteiger partial charge in [-0.15, -0.1) is 0 Å². The molecule has 0 saturated heterocycles. The van der Waals surface area contributed by atoms with Gasteiger partial charge < -0.3 is 15.3 Å². The zero-order valence-electron chi connectivity index (χ0n) is 11.1. The van der Waals surface area contributed by atoms with Crippen molar-refractivity contribution in [3.05, 3.63) is 0 Å². The quantitative estimate of drug-likeness (QED) is 0.728. The number of nitrogens with one attached hydrogen (secondary N) is 1. The van der Waals surface area contributed by atoms with Crippen molar-refractivity contribution in [3.8, 4) is 0 Å². The highest BCUT2D eigenvalue weighted by Crippen LogP contribution is 2.44. The van der Waals surface area contributed by atoms with E-state index in [2.05, 4.69) is 5.32 Å². The van der Waals surface area contributed by atoms with Crippen molar-refractivity contribution >= 4 is 17.8 Å². The lowest BCUT2D eigenvalue weighted by Gasteiger charge is -2.37. The molecule has 2 saturated carbocycles. The first-order chi connectivity index (χ1) is 8.93. The van der Waals surface area contributed by atoms with Crippen LogP contribution >= 0.6 is 0 Å². The minimum atomic E-state index is -0.900. The highest BCUT2D eigenvalue weighted by Gasteiger charge is 2.46. The molecule has 2 aliphatic carbocycles. The average molecular weight is 268 g/mol. The molecule has 0 heterocycles. The van der Waals surface area contributed by atoms with E-state index in [1.54, 1.807) is 7.05 Å². The van der Waals surface area contributed by atoms with E-state index in [9.17, 15) is 19.5 Å². The SMILES string of the molecule is CN(CC(=O)NC1CC1)C(=O)CC1(C(=O)O)CCC1. The fraction of sp³-hybridized carbons (Fsp3) is 0.769. The maximum Gasteiger partial charge on any atom is 0.310 e. The molecular formula is C13H20N2O4. The van der Waals surface area contributed by atoms with Crippen LogP contribution in [0.3, 0.4) is 0 Å². The number of nitrogens with zero attached hydrogens (tertiary/aromatic N) is 1. The van der Waals surface area contributed by atoms with Gasteiger partial charge in [0.1, 0.15) is 0 Å². The third-order valence-electron chi connectivity index (χ3n) is 4.00. The second-order valence-electron chi connectivity index (χ2n) is 5.71. The summed E-state index contributed by atoms with van der Waals surface area (Å²) < 4.78 is 0. The lowest BCUT2D eigenvalue weighted by atomic mass is 9.66. The molecule has 2 rings (SSSR count). The maximum atomic E-state index is 12.0. The van der Waals surface area contributed by atoms with Crippen LogP contribution < -0.4 is 5.32 Å². The van der Waals surface area contributed by atoms with Gasteiger partial charge in [0, 0.05) is 19.5 Å². The molecule has 0 bridgehead atoms. The Balaban J connectivity index is 1.81. The molecule has 2 N–H and O–H groups in total. The van der Waals surface area contributed by atoms with Crippen LogP contribution in [-0.2, 0) is 14.4 Å². The van der Waals surface area contributed by atoms with E-state index in [0.29, 0.717) is 12.8 Å². The number of carboxylic acid groups (broad SMARTS) is 1. The molecule has 6 heteroatoms. The van der Waals surface area contributed by atoms with E-state index in [-0.39, 0.29) is 30.8 Å². The van der Waals surface area contributed by atoms with Gasteiger partial charge in [-0.1, -0.05) is 6.42 Å². The van der Waals surface area contributed by atoms with Crippen molar-refractivity contribution in [1.29, 1.82) is 0 Å². The lowest BCUT2D eigenvalue weighted by molar-refractivity contribution is -0.159. The predicted molar refractivity (Wildman–Crippen MR) is 67.3 cm³/mol. The normalized spacial score (nSPS) is 20.3. The van der Waals surface area contributed by atoms with Crippen molar-refractivity contribution in [2.75, 3.05) is 13.6 Å². The molecule has 106 valence electrons. The first kappa shape index (κ1) is 13.8. The molecule has 19 heavy (non-hydrogen) atoms. The van der Waals surface area contributed by atoms with Crippen molar-refractivity contribution in [3.63, 3.8) is 0 Å². The summed E-state index contributed by atoms with van der Waals surface area (Å²) in [5.74, 6) is -1.34. The van der Waals surface area contributed by atoms with Crippen LogP contribution in [0.15, 0.2) is 0 Å². The lowest BCUT2D eigenvalue weighted by Crippen LogP contribution is -2.45. The van der Waals surface area contributed by atoms with E-state index < -0.39 is 11.4 Å². The summed E-state index contributed by atoms with van der Waals surface area (Å²) in [6, 6.07) is 0.271. The molecule has 0 atom stereocenters. The zero-order chi connectivity index (χ0) is 14.0. The second-order valence-corrected chi connectivity index (χ2v) is 5.71. The minimum absolute atomic E-state index is 0.00442. The van der Waals surface area contributed by atoms with Crippen LogP contribution in [0.1, 0.15) is 38.5 Å². The Hall–Kier alpha value is -1.59. The fourth-order valence-corrected chi connectivity index (χ4v) is 2.30. The molecule has 0 spiro atoms. The Kier molecular flexibility index (Phi) is 3.78. The van der Waals surface area contributed by atoms with E-state index in [4.69, 9.17) is 0 Å². The topological polar surface area (TPSA) is 86.7 Å². The number of hydrogen-bond donors (Lipinski definition) is 2. The predicted octanol–water partition coefficient (Wildman–Crippen LogP) is 0.368. The Morgan fingerprint density at radius 1 is 1.32 bits per heavy atom. The first-order valence-electron chi connectivity index (χ1n) is 6.70. The van der Waals surface area contributed by atoms with E-state index in [0.717, 1.165) is 19.3 Å². The van der Waals surface area contributed by atoms with Crippen LogP contribution in [0, 0.1) is 5.41 Å². The summed E-state index contributed by atoms with van der Waals surface area (Å²) in [5, 5.41) is 12.0. The van der Waals surface area contributed by atoms with E-state index in [1.165, 1.54) is 4.90 Å². The standard InChI is InChI=1S/C13H20N2O4/c1-15(8-10(16)14-9-3-4-9)11(17)7-13(12(18)19)5-2-6-13/h9H,2-8H2,1H3,(H,14,16)(H,18,19). The number of carboxylic acids is 1. The molecular weight excluding hydrogens is 248 g/mol. The largest absolute Gasteiger partial charge is 0.481 e. The van der Waals surface area contributed by atoms with Gasteiger partial charge >= 0.3 is 5.97 Å². The Bertz CT molecular complexity index is 399. The number of carbonyl (C=O) groups is 3. The molecule has 2 aliphatic rings. The van der Waals surface area contributed by atoms with Gasteiger partial charge in [0.2, 0.25) is 11.8 Å². The van der Waals surface area contributed by atoms with Crippen molar-refractivity contribution < 1.29 is 19.5 Å². The summed E-state index contributed by atoms with van der Waals surface area (Å²) in [4.78, 5) is 36.1. The minimum Gasteiger partial charge on any atom is -0.481 e. The smallest absolute Gasteiger partial charge is 0.310 e. The summed E-state index contributed by atoms with van der Waals surface area (Å²) in [6.45, 7) is 0.00499. The van der Waals surface area contributed by atoms with Gasteiger partial charge in [0.05, 0.1) is 12.0 Å². The van der Waals surface area contributed by atoms with Gasteiger partial charge in [-0.25, -0.2) is 0 Å². The summed E-state index contributed by atoms with van der Waals surface area (Å²) in [7, 11) is 1.54. The Morgan fingerprint density at radius 3 is 2.37 bits per heavy atom. The average Bonchev–Trinajstić information content (AvgIpc) is 3.05. The maximum absolute atomic E-state index is 12.0. The van der Waals surface area contributed by atoms with Crippen LogP contribution in [0.4, 0.5) is 0 Å². The third-order valence-corrected chi connectivity index (χ3v) is 4.00. The number of carbonyl (C=O) groups excluding carboxylic acids is 2. The van der Waals surface area contributed by atoms with Crippen molar-refractivity contribution in [2.45, 2.75) is 44.6 Å². The van der Waals surface area contributed by atoms with Gasteiger partial charge in [0.15, 0.2) is 0 Å². The van der Waals surface area contributed by atoms with Gasteiger partial charge in [-0.2, -0.15) is 0 Å². The molecule has 6 nitrogen and oxygen atoms in total. The van der Waals surface area contributed by atoms with Crippen molar-refractivity contribution in [2.24, 2.45) is 5.41 Å². The summed E-state index contributed by atoms with van der Waals surface area (Å²) >= 11 is 0. The van der Waals surface area contributed by atoms with Gasteiger partial charge in [-0.3, -0.25) is 14.4 Å². The zero-order valence-corrected chi connectivity index (χ0v) is 11.1. The molecule has 0 aromatic carbocycles. The molecule has 0 aromatic rings. The number of rotatable bonds is 6. The van der Waals surface area contributed by atoms with E-state index >= 15 is 0 Å². The Morgan fingerprint density at radius 2 is 1.95 bits per heavy atom. The van der Waals surface area contributed by atoms with Crippen molar-refractivity contribution in [1.82, 2.24) is 10.2 Å². The van der Waals surface area contributed by atoms with Gasteiger partial charge in [0.25, 0.3) is 0 Å². The molecule has 2 amide bonds. The Labute approximate surface area is 112 Å². The van der Waals surface area contributed by atoms with E-state index in [1.807, 2.05) is 0 Å². The molecule has 2 fully saturated rings. The van der Waals surface area contributed by atoms with Gasteiger partial charge in [-0.05, 0) is 25.7 Å². The molecule has 0 unspecified atom stereocenters. The van der Waals surface area contributed by atoms with Crippen LogP contribution in [0.25, 0.3) is 0 Å². The number of hydrogen-bond acceptors (Lipinski definition) is 3. The molecule has 0 aliphatic heterocycles. The van der Waals surface area contributed by atoms with Crippen LogP contribution in [0.5, 0.6) is 0 Å².